The van der Waals surface area contributed by atoms with Crippen LogP contribution in [-0.4, -0.2) is 50.2 Å². The summed E-state index contributed by atoms with van der Waals surface area (Å²) in [6.07, 6.45) is -0.283. The molecule has 2 aliphatic heterocycles. The minimum Gasteiger partial charge on any atom is -0.323 e. The van der Waals surface area contributed by atoms with Crippen LogP contribution >= 0.6 is 0 Å². The van der Waals surface area contributed by atoms with E-state index in [1.165, 1.54) is 0 Å². The van der Waals surface area contributed by atoms with Crippen molar-refractivity contribution in [2.24, 2.45) is 0 Å². The van der Waals surface area contributed by atoms with E-state index in [4.69, 9.17) is 18.9 Å². The zero-order chi connectivity index (χ0) is 10.1. The lowest BCUT2D eigenvalue weighted by Crippen LogP contribution is -2.50. The second kappa shape index (κ2) is 4.12. The van der Waals surface area contributed by atoms with Crippen molar-refractivity contribution in [3.8, 4) is 0 Å². The van der Waals surface area contributed by atoms with Crippen molar-refractivity contribution in [2.75, 3.05) is 20.1 Å². The smallest absolute Gasteiger partial charge is 0.176 e. The molecule has 2 heterocycles. The Morgan fingerprint density at radius 2 is 1.21 bits per heavy atom. The van der Waals surface area contributed by atoms with Crippen LogP contribution in [0.3, 0.4) is 0 Å². The molecule has 0 amide bonds. The van der Waals surface area contributed by atoms with Gasteiger partial charge in [0, 0.05) is 13.1 Å². The van der Waals surface area contributed by atoms with E-state index in [0.29, 0.717) is 0 Å². The standard InChI is InChI=1S/C9H17NO4/c1-6-11-8(12-6)4-10(3)5-9-13-7(2)14-9/h6-9H,4-5H2,1-3H3. The Balaban J connectivity index is 1.57. The Labute approximate surface area is 83.9 Å². The van der Waals surface area contributed by atoms with Gasteiger partial charge in [-0.25, -0.2) is 0 Å². The van der Waals surface area contributed by atoms with Crippen molar-refractivity contribution in [3.63, 3.8) is 0 Å². The Bertz CT molecular complexity index is 169. The van der Waals surface area contributed by atoms with Gasteiger partial charge in [-0.1, -0.05) is 0 Å². The summed E-state index contributed by atoms with van der Waals surface area (Å²) in [4.78, 5) is 2.08. The lowest BCUT2D eigenvalue weighted by molar-refractivity contribution is -0.390. The van der Waals surface area contributed by atoms with E-state index < -0.39 is 0 Å². The van der Waals surface area contributed by atoms with Crippen molar-refractivity contribution >= 4 is 0 Å². The third-order valence-electron chi connectivity index (χ3n) is 2.30. The number of hydrogen-bond donors (Lipinski definition) is 0. The first-order valence-electron chi connectivity index (χ1n) is 4.94. The van der Waals surface area contributed by atoms with Crippen LogP contribution in [0, 0.1) is 0 Å². The van der Waals surface area contributed by atoms with Gasteiger partial charge in [0.1, 0.15) is 0 Å². The molecule has 2 aliphatic rings. The molecule has 0 aromatic heterocycles. The molecule has 2 rings (SSSR count). The number of likely N-dealkylation sites (N-methyl/N-ethyl adjacent to an activating group) is 1. The first-order valence-corrected chi connectivity index (χ1v) is 4.94. The van der Waals surface area contributed by atoms with Gasteiger partial charge in [0.15, 0.2) is 25.2 Å². The molecule has 0 unspecified atom stereocenters. The highest BCUT2D eigenvalue weighted by molar-refractivity contribution is 4.65. The average Bonchev–Trinajstić information content (AvgIpc) is 1.98. The Morgan fingerprint density at radius 1 is 0.857 bits per heavy atom. The zero-order valence-corrected chi connectivity index (χ0v) is 8.80. The number of nitrogens with zero attached hydrogens (tertiary/aromatic N) is 1. The molecule has 82 valence electrons. The summed E-state index contributed by atoms with van der Waals surface area (Å²) in [5.74, 6) is 0. The fourth-order valence-corrected chi connectivity index (χ4v) is 1.63. The lowest BCUT2D eigenvalue weighted by Gasteiger charge is -2.39. The van der Waals surface area contributed by atoms with Gasteiger partial charge < -0.3 is 18.9 Å². The summed E-state index contributed by atoms with van der Waals surface area (Å²) in [5.41, 5.74) is 0. The van der Waals surface area contributed by atoms with Gasteiger partial charge in [0.2, 0.25) is 0 Å². The molecular weight excluding hydrogens is 186 g/mol. The normalized spacial score (nSPS) is 42.0. The van der Waals surface area contributed by atoms with Crippen LogP contribution in [0.15, 0.2) is 0 Å². The summed E-state index contributed by atoms with van der Waals surface area (Å²) in [6, 6.07) is 0. The predicted molar refractivity (Wildman–Crippen MR) is 48.3 cm³/mol. The van der Waals surface area contributed by atoms with E-state index in [1.54, 1.807) is 0 Å². The molecule has 0 aromatic rings. The Hall–Kier alpha value is -0.200. The molecule has 14 heavy (non-hydrogen) atoms. The fourth-order valence-electron chi connectivity index (χ4n) is 1.63. The van der Waals surface area contributed by atoms with Gasteiger partial charge in [-0.2, -0.15) is 0 Å². The fraction of sp³-hybridized carbons (Fsp3) is 1.00. The lowest BCUT2D eigenvalue weighted by atomic mass is 10.4. The largest absolute Gasteiger partial charge is 0.323 e. The highest BCUT2D eigenvalue weighted by Crippen LogP contribution is 2.19. The molecule has 0 bridgehead atoms. The van der Waals surface area contributed by atoms with Crippen LogP contribution in [0.1, 0.15) is 13.8 Å². The van der Waals surface area contributed by atoms with E-state index in [9.17, 15) is 0 Å². The van der Waals surface area contributed by atoms with E-state index in [-0.39, 0.29) is 25.2 Å². The number of rotatable bonds is 4. The monoisotopic (exact) mass is 203 g/mol. The average molecular weight is 203 g/mol. The molecule has 0 aliphatic carbocycles. The molecule has 5 heteroatoms. The second-order valence-corrected chi connectivity index (χ2v) is 3.76. The molecule has 0 spiro atoms. The SMILES string of the molecule is CC1OC(CN(C)CC2OC(C)O2)O1. The zero-order valence-electron chi connectivity index (χ0n) is 8.80. The van der Waals surface area contributed by atoms with E-state index in [2.05, 4.69) is 4.90 Å². The van der Waals surface area contributed by atoms with Crippen molar-refractivity contribution in [1.29, 1.82) is 0 Å². The first-order chi connectivity index (χ1) is 6.63. The minimum atomic E-state index is -0.0903. The first kappa shape index (κ1) is 10.3. The van der Waals surface area contributed by atoms with Crippen LogP contribution in [0.4, 0.5) is 0 Å². The Kier molecular flexibility index (Phi) is 3.04. The molecule has 0 N–H and O–H groups in total. The maximum Gasteiger partial charge on any atom is 0.176 e. The van der Waals surface area contributed by atoms with Gasteiger partial charge in [0.25, 0.3) is 0 Å². The molecule has 2 saturated heterocycles. The van der Waals surface area contributed by atoms with E-state index in [1.807, 2.05) is 20.9 Å². The Morgan fingerprint density at radius 3 is 1.50 bits per heavy atom. The molecule has 2 fully saturated rings. The summed E-state index contributed by atoms with van der Waals surface area (Å²) >= 11 is 0. The van der Waals surface area contributed by atoms with E-state index >= 15 is 0 Å². The van der Waals surface area contributed by atoms with Crippen LogP contribution in [0.25, 0.3) is 0 Å². The van der Waals surface area contributed by atoms with E-state index in [0.717, 1.165) is 13.1 Å². The molecule has 5 nitrogen and oxygen atoms in total. The van der Waals surface area contributed by atoms with Crippen molar-refractivity contribution in [3.05, 3.63) is 0 Å². The van der Waals surface area contributed by atoms with Crippen LogP contribution < -0.4 is 0 Å². The van der Waals surface area contributed by atoms with Crippen LogP contribution in [-0.2, 0) is 18.9 Å². The maximum atomic E-state index is 5.32. The van der Waals surface area contributed by atoms with Crippen LogP contribution in [0.5, 0.6) is 0 Å². The third kappa shape index (κ3) is 2.43. The van der Waals surface area contributed by atoms with Crippen LogP contribution in [0.2, 0.25) is 0 Å². The molecular formula is C9H17NO4. The number of ether oxygens (including phenoxy) is 4. The van der Waals surface area contributed by atoms with Crippen molar-refractivity contribution < 1.29 is 18.9 Å². The summed E-state index contributed by atoms with van der Waals surface area (Å²) in [6.45, 7) is 5.27. The quantitative estimate of drug-likeness (QED) is 0.659. The van der Waals surface area contributed by atoms with Crippen molar-refractivity contribution in [1.82, 2.24) is 4.90 Å². The molecule has 0 atom stereocenters. The highest BCUT2D eigenvalue weighted by atomic mass is 16.9. The molecule has 0 aromatic carbocycles. The summed E-state index contributed by atoms with van der Waals surface area (Å²) in [7, 11) is 1.99. The highest BCUT2D eigenvalue weighted by Gasteiger charge is 2.31. The summed E-state index contributed by atoms with van der Waals surface area (Å²) < 4.78 is 21.3. The van der Waals surface area contributed by atoms with Gasteiger partial charge in [0.05, 0.1) is 0 Å². The summed E-state index contributed by atoms with van der Waals surface area (Å²) in [5, 5.41) is 0. The molecule has 0 radical (unpaired) electrons. The third-order valence-corrected chi connectivity index (χ3v) is 2.30. The van der Waals surface area contributed by atoms with Gasteiger partial charge >= 0.3 is 0 Å². The number of hydrogen-bond acceptors (Lipinski definition) is 5. The van der Waals surface area contributed by atoms with Gasteiger partial charge in [-0.05, 0) is 20.9 Å². The second-order valence-electron chi connectivity index (χ2n) is 3.76. The molecule has 0 saturated carbocycles. The van der Waals surface area contributed by atoms with Gasteiger partial charge in [-0.3, -0.25) is 4.90 Å². The maximum absolute atomic E-state index is 5.32. The predicted octanol–water partition coefficient (Wildman–Crippen LogP) is 0.356. The topological polar surface area (TPSA) is 40.2 Å². The van der Waals surface area contributed by atoms with Gasteiger partial charge in [-0.15, -0.1) is 0 Å². The minimum absolute atomic E-state index is 0.0513. The van der Waals surface area contributed by atoms with Crippen molar-refractivity contribution in [2.45, 2.75) is 39.0 Å².